The van der Waals surface area contributed by atoms with Gasteiger partial charge in [-0.1, -0.05) is 0 Å². The molecule has 2 rings (SSSR count). The van der Waals surface area contributed by atoms with E-state index in [1.807, 2.05) is 0 Å². The normalized spacial score (nSPS) is 14.9. The molecule has 0 radical (unpaired) electrons. The van der Waals surface area contributed by atoms with Crippen LogP contribution in [-0.2, 0) is 9.53 Å². The molecule has 1 heterocycles. The number of Topliss-reactive ketones (excluding diaryl/α,β-unsaturated/α-hetero) is 1. The van der Waals surface area contributed by atoms with Gasteiger partial charge in [0.15, 0.2) is 5.82 Å². The molecule has 1 aliphatic heterocycles. The van der Waals surface area contributed by atoms with Crippen LogP contribution in [0.15, 0.2) is 12.1 Å². The number of benzene rings is 1. The molecule has 0 unspecified atom stereocenters. The number of fused-ring (bicyclic) bond motifs is 1. The first-order valence-corrected chi connectivity index (χ1v) is 5.26. The van der Waals surface area contributed by atoms with Gasteiger partial charge < -0.3 is 0 Å². The van der Waals surface area contributed by atoms with Crippen molar-refractivity contribution in [3.63, 3.8) is 0 Å². The lowest BCUT2D eigenvalue weighted by Gasteiger charge is -2.17. The van der Waals surface area contributed by atoms with Crippen molar-refractivity contribution >= 4 is 17.4 Å². The molecule has 0 saturated heterocycles. The van der Waals surface area contributed by atoms with E-state index in [9.17, 15) is 31.5 Å². The summed E-state index contributed by atoms with van der Waals surface area (Å²) in [5.41, 5.74) is -1.05. The molecular weight excluding hydrogens is 289 g/mol. The van der Waals surface area contributed by atoms with E-state index in [1.165, 1.54) is 0 Å². The fourth-order valence-electron chi connectivity index (χ4n) is 1.82. The SMILES string of the molecule is O=C1C(=O)N(CCOC(F)(F)F)c2c(F)cc(F)cc21. The van der Waals surface area contributed by atoms with Gasteiger partial charge in [-0.15, -0.1) is 13.2 Å². The standard InChI is InChI=1S/C11H6F5NO3/c12-5-3-6-8(7(13)4-5)17(10(19)9(6)18)1-2-20-11(14,15)16/h3-4H,1-2H2. The molecule has 0 saturated carbocycles. The number of anilines is 1. The van der Waals surface area contributed by atoms with Crippen LogP contribution in [0.3, 0.4) is 0 Å². The van der Waals surface area contributed by atoms with Crippen LogP contribution in [-0.4, -0.2) is 31.2 Å². The molecule has 1 aliphatic rings. The largest absolute Gasteiger partial charge is 0.522 e. The number of hydrogen-bond donors (Lipinski definition) is 0. The Morgan fingerprint density at radius 2 is 1.80 bits per heavy atom. The average Bonchev–Trinajstić information content (AvgIpc) is 2.53. The Morgan fingerprint density at radius 1 is 1.15 bits per heavy atom. The monoisotopic (exact) mass is 295 g/mol. The number of ether oxygens (including phenoxy) is 1. The second kappa shape index (κ2) is 4.82. The molecule has 0 fully saturated rings. The number of nitrogens with zero attached hydrogens (tertiary/aromatic N) is 1. The van der Waals surface area contributed by atoms with Crippen molar-refractivity contribution in [1.82, 2.24) is 0 Å². The number of carbonyl (C=O) groups excluding carboxylic acids is 2. The zero-order valence-electron chi connectivity index (χ0n) is 9.63. The summed E-state index contributed by atoms with van der Waals surface area (Å²) in [5.74, 6) is -4.66. The zero-order valence-corrected chi connectivity index (χ0v) is 9.63. The number of ketones is 1. The number of hydrogen-bond acceptors (Lipinski definition) is 3. The molecule has 0 atom stereocenters. The van der Waals surface area contributed by atoms with Crippen molar-refractivity contribution in [2.24, 2.45) is 0 Å². The minimum atomic E-state index is -4.91. The van der Waals surface area contributed by atoms with Crippen LogP contribution in [0.1, 0.15) is 10.4 Å². The number of carbonyl (C=O) groups is 2. The van der Waals surface area contributed by atoms with Crippen LogP contribution in [0, 0.1) is 11.6 Å². The maximum atomic E-state index is 13.6. The van der Waals surface area contributed by atoms with E-state index in [1.54, 1.807) is 0 Å². The van der Waals surface area contributed by atoms with Crippen molar-refractivity contribution in [3.8, 4) is 0 Å². The average molecular weight is 295 g/mol. The molecule has 9 heteroatoms. The maximum Gasteiger partial charge on any atom is 0.522 e. The number of alkyl halides is 3. The summed E-state index contributed by atoms with van der Waals surface area (Å²) in [6.07, 6.45) is -4.91. The number of amides is 1. The summed E-state index contributed by atoms with van der Waals surface area (Å²) in [6.45, 7) is -1.65. The lowest BCUT2D eigenvalue weighted by molar-refractivity contribution is -0.323. The van der Waals surface area contributed by atoms with Gasteiger partial charge in [-0.3, -0.25) is 19.2 Å². The quantitative estimate of drug-likeness (QED) is 0.633. The van der Waals surface area contributed by atoms with Gasteiger partial charge in [-0.05, 0) is 6.07 Å². The highest BCUT2D eigenvalue weighted by molar-refractivity contribution is 6.52. The molecule has 108 valence electrons. The topological polar surface area (TPSA) is 46.6 Å². The molecule has 1 aromatic rings. The van der Waals surface area contributed by atoms with Crippen LogP contribution >= 0.6 is 0 Å². The van der Waals surface area contributed by atoms with Gasteiger partial charge in [-0.25, -0.2) is 8.78 Å². The van der Waals surface area contributed by atoms with E-state index >= 15 is 0 Å². The lowest BCUT2D eigenvalue weighted by atomic mass is 10.1. The van der Waals surface area contributed by atoms with Crippen molar-refractivity contribution in [1.29, 1.82) is 0 Å². The Hall–Kier alpha value is -2.03. The Kier molecular flexibility index (Phi) is 3.46. The van der Waals surface area contributed by atoms with E-state index < -0.39 is 54.1 Å². The summed E-state index contributed by atoms with van der Waals surface area (Å²) < 4.78 is 65.4. The second-order valence-corrected chi connectivity index (χ2v) is 3.86. The molecule has 0 aromatic heterocycles. The Labute approximate surface area is 108 Å². The van der Waals surface area contributed by atoms with Crippen molar-refractivity contribution in [2.75, 3.05) is 18.1 Å². The molecule has 0 N–H and O–H groups in total. The Morgan fingerprint density at radius 3 is 2.40 bits per heavy atom. The fraction of sp³-hybridized carbons (Fsp3) is 0.273. The first-order valence-electron chi connectivity index (χ1n) is 5.26. The maximum absolute atomic E-state index is 13.6. The number of halogens is 5. The first-order chi connectivity index (χ1) is 9.20. The summed E-state index contributed by atoms with van der Waals surface area (Å²) in [7, 11) is 0. The van der Waals surface area contributed by atoms with Crippen molar-refractivity contribution in [2.45, 2.75) is 6.36 Å². The van der Waals surface area contributed by atoms with Crippen molar-refractivity contribution < 1.29 is 36.3 Å². The predicted molar refractivity (Wildman–Crippen MR) is 55.0 cm³/mol. The van der Waals surface area contributed by atoms with E-state index in [-0.39, 0.29) is 0 Å². The Balaban J connectivity index is 2.25. The molecule has 0 spiro atoms. The summed E-state index contributed by atoms with van der Waals surface area (Å²) >= 11 is 0. The predicted octanol–water partition coefficient (Wildman–Crippen LogP) is 2.03. The van der Waals surface area contributed by atoms with Crippen LogP contribution in [0.2, 0.25) is 0 Å². The van der Waals surface area contributed by atoms with Crippen LogP contribution in [0.4, 0.5) is 27.6 Å². The highest BCUT2D eigenvalue weighted by Gasteiger charge is 2.39. The van der Waals surface area contributed by atoms with Gasteiger partial charge in [0.2, 0.25) is 0 Å². The smallest absolute Gasteiger partial charge is 0.300 e. The van der Waals surface area contributed by atoms with Crippen molar-refractivity contribution in [3.05, 3.63) is 29.3 Å². The molecular formula is C11H6F5NO3. The highest BCUT2D eigenvalue weighted by atomic mass is 19.4. The third-order valence-electron chi connectivity index (χ3n) is 2.56. The molecule has 4 nitrogen and oxygen atoms in total. The van der Waals surface area contributed by atoms with Gasteiger partial charge in [0.05, 0.1) is 24.4 Å². The molecule has 1 amide bonds. The van der Waals surface area contributed by atoms with Gasteiger partial charge in [0, 0.05) is 6.07 Å². The molecule has 20 heavy (non-hydrogen) atoms. The van der Waals surface area contributed by atoms with E-state index in [4.69, 9.17) is 0 Å². The van der Waals surface area contributed by atoms with Gasteiger partial charge in [-0.2, -0.15) is 0 Å². The highest BCUT2D eigenvalue weighted by Crippen LogP contribution is 2.32. The van der Waals surface area contributed by atoms with Crippen LogP contribution < -0.4 is 4.90 Å². The van der Waals surface area contributed by atoms with E-state index in [0.717, 1.165) is 0 Å². The van der Waals surface area contributed by atoms with E-state index in [2.05, 4.69) is 4.74 Å². The summed E-state index contributed by atoms with van der Waals surface area (Å²) in [6, 6.07) is 1.09. The van der Waals surface area contributed by atoms with Gasteiger partial charge in [0.1, 0.15) is 5.82 Å². The molecule has 1 aromatic carbocycles. The van der Waals surface area contributed by atoms with Gasteiger partial charge >= 0.3 is 6.36 Å². The minimum absolute atomic E-state index is 0.433. The first kappa shape index (κ1) is 14.4. The zero-order chi connectivity index (χ0) is 15.1. The third-order valence-corrected chi connectivity index (χ3v) is 2.56. The lowest BCUT2D eigenvalue weighted by Crippen LogP contribution is -2.34. The summed E-state index contributed by atoms with van der Waals surface area (Å²) in [4.78, 5) is 23.5. The summed E-state index contributed by atoms with van der Waals surface area (Å²) in [5, 5.41) is 0. The Bertz CT molecular complexity index is 584. The van der Waals surface area contributed by atoms with Crippen LogP contribution in [0.25, 0.3) is 0 Å². The van der Waals surface area contributed by atoms with E-state index in [0.29, 0.717) is 17.0 Å². The number of rotatable bonds is 3. The van der Waals surface area contributed by atoms with Gasteiger partial charge in [0.25, 0.3) is 11.7 Å². The third kappa shape index (κ3) is 2.62. The molecule has 0 aliphatic carbocycles. The molecule has 0 bridgehead atoms. The second-order valence-electron chi connectivity index (χ2n) is 3.86. The fourth-order valence-corrected chi connectivity index (χ4v) is 1.82. The van der Waals surface area contributed by atoms with Crippen LogP contribution in [0.5, 0.6) is 0 Å². The minimum Gasteiger partial charge on any atom is -0.300 e.